The first-order valence-corrected chi connectivity index (χ1v) is 6.97. The van der Waals surface area contributed by atoms with Gasteiger partial charge in [0, 0.05) is 6.42 Å². The molecule has 2 atom stereocenters. The van der Waals surface area contributed by atoms with Crippen LogP contribution in [0.2, 0.25) is 0 Å². The minimum absolute atomic E-state index is 0.279. The zero-order valence-corrected chi connectivity index (χ0v) is 14.0. The van der Waals surface area contributed by atoms with Gasteiger partial charge in [0.05, 0.1) is 20.8 Å². The molecule has 134 valence electrons. The molecule has 0 saturated heterocycles. The van der Waals surface area contributed by atoms with Crippen molar-refractivity contribution in [3.8, 4) is 0 Å². The third kappa shape index (κ3) is 8.97. The molecule has 0 aliphatic carbocycles. The summed E-state index contributed by atoms with van der Waals surface area (Å²) < 4.78 is 31.4. The molecule has 9 heteroatoms. The largest absolute Gasteiger partial charge is 0.467 e. The molecule has 0 aliphatic rings. The number of hydrogen-bond acceptors (Lipinski definition) is 7. The Hall–Kier alpha value is -1.90. The summed E-state index contributed by atoms with van der Waals surface area (Å²) in [4.78, 5) is 35.1. The lowest BCUT2D eigenvalue weighted by Gasteiger charge is -2.24. The van der Waals surface area contributed by atoms with E-state index in [1.165, 1.54) is 0 Å². The normalized spacial score (nSPS) is 13.7. The molecule has 0 radical (unpaired) electrons. The topological polar surface area (TPSA) is 100 Å². The van der Waals surface area contributed by atoms with E-state index in [1.807, 2.05) is 0 Å². The summed E-state index contributed by atoms with van der Waals surface area (Å²) in [6.07, 6.45) is -2.37. The zero-order chi connectivity index (χ0) is 18.0. The van der Waals surface area contributed by atoms with Crippen molar-refractivity contribution in [2.45, 2.75) is 44.9 Å². The summed E-state index contributed by atoms with van der Waals surface area (Å²) in [5.41, 5.74) is -0.767. The maximum atomic E-state index is 12.2. The maximum Gasteiger partial charge on any atom is 0.408 e. The number of hydrogen-bond donors (Lipinski definition) is 1. The van der Waals surface area contributed by atoms with Crippen molar-refractivity contribution in [2.24, 2.45) is 0 Å². The molecule has 0 aromatic rings. The average Bonchev–Trinajstić information content (AvgIpc) is 2.46. The number of esters is 2. The Balaban J connectivity index is 4.96. The lowest BCUT2D eigenvalue weighted by Crippen LogP contribution is -2.47. The van der Waals surface area contributed by atoms with Crippen LogP contribution in [0.15, 0.2) is 0 Å². The third-order valence-corrected chi connectivity index (χ3v) is 2.49. The second-order valence-electron chi connectivity index (χ2n) is 5.53. The Morgan fingerprint density at radius 1 is 1.09 bits per heavy atom. The van der Waals surface area contributed by atoms with Gasteiger partial charge in [0.15, 0.2) is 6.10 Å². The fourth-order valence-electron chi connectivity index (χ4n) is 1.57. The number of methoxy groups -OCH3 is 2. The lowest BCUT2D eigenvalue weighted by atomic mass is 10.1. The van der Waals surface area contributed by atoms with Crippen LogP contribution in [0.5, 0.6) is 0 Å². The van der Waals surface area contributed by atoms with Crippen LogP contribution in [0.1, 0.15) is 27.2 Å². The summed E-state index contributed by atoms with van der Waals surface area (Å²) in [5, 5.41) is 2.29. The summed E-state index contributed by atoms with van der Waals surface area (Å²) in [6, 6.07) is -1.21. The van der Waals surface area contributed by atoms with Crippen molar-refractivity contribution in [3.05, 3.63) is 0 Å². The molecular weight excluding hydrogens is 313 g/mol. The predicted octanol–water partition coefficient (Wildman–Crippen LogP) is 0.970. The van der Waals surface area contributed by atoms with Gasteiger partial charge in [-0.1, -0.05) is 0 Å². The van der Waals surface area contributed by atoms with E-state index in [1.54, 1.807) is 20.8 Å². The second-order valence-corrected chi connectivity index (χ2v) is 5.53. The number of ether oxygens (including phenoxy) is 4. The van der Waals surface area contributed by atoms with E-state index in [4.69, 9.17) is 9.47 Å². The van der Waals surface area contributed by atoms with E-state index in [0.717, 1.165) is 14.2 Å². The molecule has 0 aromatic heterocycles. The molecule has 0 spiro atoms. The number of amides is 1. The number of alkyl halides is 1. The number of halogens is 1. The van der Waals surface area contributed by atoms with Crippen molar-refractivity contribution < 1.29 is 37.7 Å². The summed E-state index contributed by atoms with van der Waals surface area (Å²) in [7, 11) is 2.25. The first kappa shape index (κ1) is 21.1. The minimum atomic E-state index is -1.23. The quantitative estimate of drug-likeness (QED) is 0.520. The van der Waals surface area contributed by atoms with Crippen molar-refractivity contribution in [1.82, 2.24) is 5.32 Å². The fraction of sp³-hybridized carbons (Fsp3) is 0.786. The van der Waals surface area contributed by atoms with Gasteiger partial charge < -0.3 is 24.3 Å². The van der Waals surface area contributed by atoms with Crippen molar-refractivity contribution in [1.29, 1.82) is 0 Å². The molecule has 0 aromatic carbocycles. The molecular formula is C14H24FNO7. The molecule has 1 N–H and O–H groups in total. The van der Waals surface area contributed by atoms with Crippen LogP contribution in [0.25, 0.3) is 0 Å². The smallest absolute Gasteiger partial charge is 0.408 e. The molecule has 0 fully saturated rings. The van der Waals surface area contributed by atoms with E-state index >= 15 is 0 Å². The molecule has 23 heavy (non-hydrogen) atoms. The van der Waals surface area contributed by atoms with E-state index in [0.29, 0.717) is 0 Å². The molecule has 0 aliphatic heterocycles. The first-order chi connectivity index (χ1) is 10.6. The van der Waals surface area contributed by atoms with Crippen LogP contribution in [-0.2, 0) is 28.5 Å². The van der Waals surface area contributed by atoms with E-state index in [2.05, 4.69) is 14.8 Å². The summed E-state index contributed by atoms with van der Waals surface area (Å²) in [6.45, 7) is 3.81. The van der Waals surface area contributed by atoms with Gasteiger partial charge in [0.2, 0.25) is 0 Å². The van der Waals surface area contributed by atoms with Crippen LogP contribution < -0.4 is 5.32 Å². The van der Waals surface area contributed by atoms with Gasteiger partial charge in [-0.2, -0.15) is 0 Å². The highest BCUT2D eigenvalue weighted by Gasteiger charge is 2.31. The zero-order valence-electron chi connectivity index (χ0n) is 14.0. The molecule has 0 bridgehead atoms. The highest BCUT2D eigenvalue weighted by molar-refractivity contribution is 5.83. The average molecular weight is 337 g/mol. The van der Waals surface area contributed by atoms with E-state index < -0.39 is 42.5 Å². The van der Waals surface area contributed by atoms with Crippen LogP contribution in [0.4, 0.5) is 9.18 Å². The van der Waals surface area contributed by atoms with Gasteiger partial charge in [0.1, 0.15) is 18.3 Å². The number of carbonyl (C=O) groups is 3. The molecule has 0 rings (SSSR count). The van der Waals surface area contributed by atoms with Gasteiger partial charge in [-0.25, -0.2) is 18.8 Å². The Labute approximate surface area is 134 Å². The second kappa shape index (κ2) is 9.98. The Kier molecular flexibility index (Phi) is 9.16. The Morgan fingerprint density at radius 2 is 1.65 bits per heavy atom. The number of nitrogens with one attached hydrogen (secondary N) is 1. The molecule has 1 amide bonds. The summed E-state index contributed by atoms with van der Waals surface area (Å²) in [5.74, 6) is -1.59. The van der Waals surface area contributed by atoms with Gasteiger partial charge in [-0.3, -0.25) is 0 Å². The minimum Gasteiger partial charge on any atom is -0.467 e. The highest BCUT2D eigenvalue weighted by Crippen LogP contribution is 2.10. The fourth-order valence-corrected chi connectivity index (χ4v) is 1.57. The van der Waals surface area contributed by atoms with Crippen LogP contribution in [0.3, 0.4) is 0 Å². The lowest BCUT2D eigenvalue weighted by molar-refractivity contribution is -0.156. The van der Waals surface area contributed by atoms with Crippen LogP contribution in [-0.4, -0.2) is 63.3 Å². The summed E-state index contributed by atoms with van der Waals surface area (Å²) >= 11 is 0. The SMILES string of the molecule is COC(=O)C(C[C@H](NC(=O)OC(C)(C)C)C(=O)OC)OCCF. The van der Waals surface area contributed by atoms with Gasteiger partial charge in [0.25, 0.3) is 0 Å². The standard InChI is InChI=1S/C14H24FNO7/c1-14(2,3)23-13(19)16-9(11(17)20-4)8-10(12(18)21-5)22-7-6-15/h9-10H,6-8H2,1-5H3,(H,16,19)/t9-,10?/m0/s1. The van der Waals surface area contributed by atoms with Crippen LogP contribution in [0, 0.1) is 0 Å². The number of rotatable bonds is 8. The van der Waals surface area contributed by atoms with Crippen molar-refractivity contribution in [3.63, 3.8) is 0 Å². The molecule has 0 saturated carbocycles. The first-order valence-electron chi connectivity index (χ1n) is 6.97. The Bertz CT molecular complexity index is 408. The van der Waals surface area contributed by atoms with Crippen LogP contribution >= 0.6 is 0 Å². The predicted molar refractivity (Wildman–Crippen MR) is 77.5 cm³/mol. The monoisotopic (exact) mass is 337 g/mol. The highest BCUT2D eigenvalue weighted by atomic mass is 19.1. The number of alkyl carbamates (subject to hydrolysis) is 1. The van der Waals surface area contributed by atoms with Gasteiger partial charge >= 0.3 is 18.0 Å². The van der Waals surface area contributed by atoms with Crippen molar-refractivity contribution >= 4 is 18.0 Å². The van der Waals surface area contributed by atoms with Crippen molar-refractivity contribution in [2.75, 3.05) is 27.5 Å². The molecule has 1 unspecified atom stereocenters. The van der Waals surface area contributed by atoms with Gasteiger partial charge in [-0.15, -0.1) is 0 Å². The van der Waals surface area contributed by atoms with E-state index in [9.17, 15) is 18.8 Å². The third-order valence-electron chi connectivity index (χ3n) is 2.49. The molecule has 8 nitrogen and oxygen atoms in total. The molecule has 0 heterocycles. The Morgan fingerprint density at radius 3 is 2.09 bits per heavy atom. The number of carbonyl (C=O) groups excluding carboxylic acids is 3. The van der Waals surface area contributed by atoms with Gasteiger partial charge in [-0.05, 0) is 20.8 Å². The maximum absolute atomic E-state index is 12.2. The van der Waals surface area contributed by atoms with E-state index in [-0.39, 0.29) is 13.0 Å².